The number of hydrogen-bond donors (Lipinski definition) is 4. The fourth-order valence-electron chi connectivity index (χ4n) is 2.37. The van der Waals surface area contributed by atoms with Crippen LogP contribution in [0.4, 0.5) is 5.82 Å². The number of nitrogens with zero attached hydrogens (tertiary/aromatic N) is 4. The minimum atomic E-state index is -1.09. The SMILES string of the molecule is CNc1ncnc2c1ncn2[C@@H]1O[C@H](CN)[C@@H](O)[C@H]1O. The molecular weight excluding hydrogens is 264 g/mol. The van der Waals surface area contributed by atoms with Crippen LogP contribution < -0.4 is 11.1 Å². The molecule has 0 unspecified atom stereocenters. The van der Waals surface area contributed by atoms with Gasteiger partial charge in [0.1, 0.15) is 30.2 Å². The lowest BCUT2D eigenvalue weighted by Crippen LogP contribution is -2.35. The van der Waals surface area contributed by atoms with Crippen molar-refractivity contribution in [3.63, 3.8) is 0 Å². The quantitative estimate of drug-likeness (QED) is 0.531. The number of nitrogens with one attached hydrogen (secondary N) is 1. The number of rotatable bonds is 3. The number of nitrogens with two attached hydrogens (primary N) is 1. The minimum Gasteiger partial charge on any atom is -0.387 e. The van der Waals surface area contributed by atoms with E-state index in [-0.39, 0.29) is 6.54 Å². The van der Waals surface area contributed by atoms with E-state index in [4.69, 9.17) is 10.5 Å². The Morgan fingerprint density at radius 2 is 2.15 bits per heavy atom. The van der Waals surface area contributed by atoms with Crippen molar-refractivity contribution in [1.29, 1.82) is 0 Å². The zero-order valence-corrected chi connectivity index (χ0v) is 10.8. The van der Waals surface area contributed by atoms with Gasteiger partial charge in [0.15, 0.2) is 17.7 Å². The number of fused-ring (bicyclic) bond motifs is 1. The van der Waals surface area contributed by atoms with E-state index < -0.39 is 24.5 Å². The highest BCUT2D eigenvalue weighted by atomic mass is 16.6. The Morgan fingerprint density at radius 3 is 2.80 bits per heavy atom. The van der Waals surface area contributed by atoms with Gasteiger partial charge in [-0.1, -0.05) is 0 Å². The first-order chi connectivity index (χ1) is 9.67. The molecule has 1 aliphatic rings. The van der Waals surface area contributed by atoms with Crippen LogP contribution in [0, 0.1) is 0 Å². The Morgan fingerprint density at radius 1 is 1.35 bits per heavy atom. The maximum Gasteiger partial charge on any atom is 0.167 e. The second-order valence-corrected chi connectivity index (χ2v) is 4.58. The second kappa shape index (κ2) is 4.94. The Kier molecular flexibility index (Phi) is 3.26. The van der Waals surface area contributed by atoms with Gasteiger partial charge in [-0.25, -0.2) is 15.0 Å². The lowest BCUT2D eigenvalue weighted by Gasteiger charge is -2.16. The van der Waals surface area contributed by atoms with Crippen LogP contribution in [-0.4, -0.2) is 61.6 Å². The highest BCUT2D eigenvalue weighted by molar-refractivity contribution is 5.82. The summed E-state index contributed by atoms with van der Waals surface area (Å²) in [6.45, 7) is 0.123. The average molecular weight is 280 g/mol. The molecule has 9 nitrogen and oxygen atoms in total. The highest BCUT2D eigenvalue weighted by Gasteiger charge is 2.43. The third kappa shape index (κ3) is 1.83. The molecule has 0 radical (unpaired) electrons. The van der Waals surface area contributed by atoms with Gasteiger partial charge in [-0.2, -0.15) is 0 Å². The predicted molar refractivity (Wildman–Crippen MR) is 69.8 cm³/mol. The third-order valence-corrected chi connectivity index (χ3v) is 3.44. The summed E-state index contributed by atoms with van der Waals surface area (Å²) in [5.74, 6) is 0.581. The average Bonchev–Trinajstić information content (AvgIpc) is 3.01. The van der Waals surface area contributed by atoms with E-state index in [0.717, 1.165) is 0 Å². The number of aromatic nitrogens is 4. The van der Waals surface area contributed by atoms with Crippen LogP contribution in [0.15, 0.2) is 12.7 Å². The van der Waals surface area contributed by atoms with E-state index in [1.54, 1.807) is 11.6 Å². The van der Waals surface area contributed by atoms with E-state index in [2.05, 4.69) is 20.3 Å². The molecule has 4 atom stereocenters. The second-order valence-electron chi connectivity index (χ2n) is 4.58. The van der Waals surface area contributed by atoms with Crippen molar-refractivity contribution in [2.75, 3.05) is 18.9 Å². The molecule has 0 bridgehead atoms. The molecule has 0 spiro atoms. The van der Waals surface area contributed by atoms with Crippen molar-refractivity contribution < 1.29 is 14.9 Å². The largest absolute Gasteiger partial charge is 0.387 e. The molecular formula is C11H16N6O3. The molecule has 0 aromatic carbocycles. The summed E-state index contributed by atoms with van der Waals surface area (Å²) in [6.07, 6.45) is -0.618. The molecule has 3 rings (SSSR count). The molecule has 2 aromatic rings. The number of hydrogen-bond acceptors (Lipinski definition) is 8. The highest BCUT2D eigenvalue weighted by Crippen LogP contribution is 2.31. The Balaban J connectivity index is 2.03. The van der Waals surface area contributed by atoms with E-state index in [9.17, 15) is 10.2 Å². The lowest BCUT2D eigenvalue weighted by molar-refractivity contribution is -0.0322. The Labute approximate surface area is 114 Å². The maximum absolute atomic E-state index is 10.1. The number of ether oxygens (including phenoxy) is 1. The van der Waals surface area contributed by atoms with Crippen molar-refractivity contribution in [3.8, 4) is 0 Å². The summed E-state index contributed by atoms with van der Waals surface area (Å²) in [5, 5.41) is 22.9. The first-order valence-electron chi connectivity index (χ1n) is 6.24. The molecule has 1 fully saturated rings. The maximum atomic E-state index is 10.1. The molecule has 2 aromatic heterocycles. The third-order valence-electron chi connectivity index (χ3n) is 3.44. The van der Waals surface area contributed by atoms with Gasteiger partial charge in [0.05, 0.1) is 6.33 Å². The van der Waals surface area contributed by atoms with Crippen LogP contribution in [0.5, 0.6) is 0 Å². The van der Waals surface area contributed by atoms with Crippen LogP contribution in [0.2, 0.25) is 0 Å². The van der Waals surface area contributed by atoms with Gasteiger partial charge in [0, 0.05) is 13.6 Å². The predicted octanol–water partition coefficient (Wildman–Crippen LogP) is -1.55. The van der Waals surface area contributed by atoms with E-state index >= 15 is 0 Å². The van der Waals surface area contributed by atoms with Gasteiger partial charge in [-0.3, -0.25) is 4.57 Å². The minimum absolute atomic E-state index is 0.123. The van der Waals surface area contributed by atoms with Crippen molar-refractivity contribution in [2.45, 2.75) is 24.5 Å². The summed E-state index contributed by atoms with van der Waals surface area (Å²) >= 11 is 0. The molecule has 1 aliphatic heterocycles. The van der Waals surface area contributed by atoms with Gasteiger partial charge >= 0.3 is 0 Å². The van der Waals surface area contributed by atoms with Crippen LogP contribution >= 0.6 is 0 Å². The normalized spacial score (nSPS) is 30.0. The molecule has 1 saturated heterocycles. The first-order valence-corrected chi connectivity index (χ1v) is 6.24. The lowest BCUT2D eigenvalue weighted by atomic mass is 10.1. The molecule has 3 heterocycles. The summed E-state index contributed by atoms with van der Waals surface area (Å²) in [7, 11) is 1.73. The molecule has 5 N–H and O–H groups in total. The summed E-state index contributed by atoms with van der Waals surface area (Å²) in [6, 6.07) is 0. The molecule has 108 valence electrons. The zero-order chi connectivity index (χ0) is 14.3. The van der Waals surface area contributed by atoms with Gasteiger partial charge in [0.25, 0.3) is 0 Å². The van der Waals surface area contributed by atoms with Gasteiger partial charge in [0.2, 0.25) is 0 Å². The van der Waals surface area contributed by atoms with Crippen molar-refractivity contribution >= 4 is 17.0 Å². The van der Waals surface area contributed by atoms with Crippen LogP contribution in [-0.2, 0) is 4.74 Å². The fourth-order valence-corrected chi connectivity index (χ4v) is 2.37. The van der Waals surface area contributed by atoms with E-state index in [0.29, 0.717) is 17.0 Å². The van der Waals surface area contributed by atoms with Crippen molar-refractivity contribution in [3.05, 3.63) is 12.7 Å². The summed E-state index contributed by atoms with van der Waals surface area (Å²) in [4.78, 5) is 12.4. The molecule has 9 heteroatoms. The summed E-state index contributed by atoms with van der Waals surface area (Å²) in [5.41, 5.74) is 6.58. The molecule has 20 heavy (non-hydrogen) atoms. The Hall–Kier alpha value is -1.81. The summed E-state index contributed by atoms with van der Waals surface area (Å²) < 4.78 is 7.15. The van der Waals surface area contributed by atoms with Crippen LogP contribution in [0.25, 0.3) is 11.2 Å². The Bertz CT molecular complexity index is 617. The fraction of sp³-hybridized carbons (Fsp3) is 0.545. The molecule has 0 amide bonds. The van der Waals surface area contributed by atoms with Crippen molar-refractivity contribution in [1.82, 2.24) is 19.5 Å². The van der Waals surface area contributed by atoms with Gasteiger partial charge in [-0.05, 0) is 0 Å². The smallest absolute Gasteiger partial charge is 0.167 e. The molecule has 0 aliphatic carbocycles. The number of aliphatic hydroxyl groups excluding tert-OH is 2. The number of imidazole rings is 1. The standard InChI is InChI=1S/C11H16N6O3/c1-13-9-6-10(15-3-14-9)17(4-16-6)11-8(19)7(18)5(2-12)20-11/h3-5,7-8,11,18-19H,2,12H2,1H3,(H,13,14,15)/t5-,7-,8-,11-/m1/s1. The monoisotopic (exact) mass is 280 g/mol. The zero-order valence-electron chi connectivity index (χ0n) is 10.8. The van der Waals surface area contributed by atoms with Crippen LogP contribution in [0.1, 0.15) is 6.23 Å². The van der Waals surface area contributed by atoms with Gasteiger partial charge in [-0.15, -0.1) is 0 Å². The topological polar surface area (TPSA) is 131 Å². The number of anilines is 1. The molecule has 0 saturated carbocycles. The number of aliphatic hydroxyl groups is 2. The van der Waals surface area contributed by atoms with Crippen molar-refractivity contribution in [2.24, 2.45) is 5.73 Å². The first kappa shape index (κ1) is 13.2. The van der Waals surface area contributed by atoms with Gasteiger partial charge < -0.3 is 26.0 Å². The van der Waals surface area contributed by atoms with E-state index in [1.165, 1.54) is 12.7 Å². The van der Waals surface area contributed by atoms with Crippen LogP contribution in [0.3, 0.4) is 0 Å². The van der Waals surface area contributed by atoms with E-state index in [1.807, 2.05) is 0 Å².